The van der Waals surface area contributed by atoms with Crippen molar-refractivity contribution in [1.29, 1.82) is 0 Å². The van der Waals surface area contributed by atoms with Crippen LogP contribution in [0.3, 0.4) is 0 Å². The van der Waals surface area contributed by atoms with Gasteiger partial charge in [-0.05, 0) is 30.3 Å². The molecule has 1 aliphatic heterocycles. The van der Waals surface area contributed by atoms with Gasteiger partial charge in [0.1, 0.15) is 0 Å². The van der Waals surface area contributed by atoms with Crippen LogP contribution in [0.5, 0.6) is 11.5 Å². The number of carbonyl (C=O) groups excluding carboxylic acids is 2. The Morgan fingerprint density at radius 1 is 1.00 bits per heavy atom. The highest BCUT2D eigenvalue weighted by molar-refractivity contribution is 6.34. The van der Waals surface area contributed by atoms with E-state index in [0.717, 1.165) is 6.42 Å². The summed E-state index contributed by atoms with van der Waals surface area (Å²) >= 11 is 12.3. The minimum Gasteiger partial charge on any atom is -0.489 e. The van der Waals surface area contributed by atoms with Crippen LogP contribution < -0.4 is 20.1 Å². The fraction of sp³-hybridized carbons (Fsp3) is 0.222. The van der Waals surface area contributed by atoms with Crippen LogP contribution in [0.15, 0.2) is 30.3 Å². The zero-order chi connectivity index (χ0) is 18.7. The normalized spacial score (nSPS) is 12.9. The molecular weight excluding hydrogens is 379 g/mol. The first-order chi connectivity index (χ1) is 12.4. The topological polar surface area (TPSA) is 76.7 Å². The van der Waals surface area contributed by atoms with E-state index in [4.69, 9.17) is 32.7 Å². The van der Waals surface area contributed by atoms with Gasteiger partial charge in [-0.3, -0.25) is 9.59 Å². The summed E-state index contributed by atoms with van der Waals surface area (Å²) in [4.78, 5) is 23.6. The molecule has 26 heavy (non-hydrogen) atoms. The van der Waals surface area contributed by atoms with E-state index in [2.05, 4.69) is 10.6 Å². The molecule has 2 aromatic carbocycles. The number of hydrogen-bond acceptors (Lipinski definition) is 4. The molecular formula is C18H16Cl2N2O4. The molecule has 6 nitrogen and oxygen atoms in total. The molecule has 0 atom stereocenters. The van der Waals surface area contributed by atoms with Crippen LogP contribution in [0.25, 0.3) is 0 Å². The molecule has 0 fully saturated rings. The molecule has 3 rings (SSSR count). The van der Waals surface area contributed by atoms with Gasteiger partial charge in [0.25, 0.3) is 5.91 Å². The number of carbonyl (C=O) groups is 2. The van der Waals surface area contributed by atoms with Crippen LogP contribution in [0, 0.1) is 0 Å². The average Bonchev–Trinajstić information content (AvgIpc) is 2.82. The number of halogens is 2. The molecule has 0 saturated carbocycles. The molecule has 2 N–H and O–H groups in total. The van der Waals surface area contributed by atoms with Crippen molar-refractivity contribution in [2.24, 2.45) is 0 Å². The molecule has 0 saturated heterocycles. The SMILES string of the molecule is CC(=O)Nc1ccc(NC(=O)c2cc(Cl)c3c(c2)OCCCO3)cc1Cl. The summed E-state index contributed by atoms with van der Waals surface area (Å²) in [7, 11) is 0. The van der Waals surface area contributed by atoms with Crippen LogP contribution >= 0.6 is 23.2 Å². The Morgan fingerprint density at radius 2 is 1.77 bits per heavy atom. The average molecular weight is 395 g/mol. The van der Waals surface area contributed by atoms with Crippen molar-refractivity contribution in [3.63, 3.8) is 0 Å². The lowest BCUT2D eigenvalue weighted by atomic mass is 10.1. The zero-order valence-electron chi connectivity index (χ0n) is 13.9. The largest absolute Gasteiger partial charge is 0.489 e. The fourth-order valence-corrected chi connectivity index (χ4v) is 2.94. The molecule has 8 heteroatoms. The van der Waals surface area contributed by atoms with Crippen molar-refractivity contribution in [3.8, 4) is 11.5 Å². The number of anilines is 2. The molecule has 1 aliphatic rings. The van der Waals surface area contributed by atoms with Crippen molar-refractivity contribution in [2.75, 3.05) is 23.8 Å². The maximum atomic E-state index is 12.5. The minimum absolute atomic E-state index is 0.231. The Hall–Kier alpha value is -2.44. The molecule has 2 amide bonds. The highest BCUT2D eigenvalue weighted by Crippen LogP contribution is 2.38. The first kappa shape index (κ1) is 18.4. The predicted octanol–water partition coefficient (Wildman–Crippen LogP) is 4.37. The molecule has 0 aliphatic carbocycles. The van der Waals surface area contributed by atoms with Gasteiger partial charge in [-0.15, -0.1) is 0 Å². The van der Waals surface area contributed by atoms with Gasteiger partial charge >= 0.3 is 0 Å². The molecule has 0 aromatic heterocycles. The van der Waals surface area contributed by atoms with Gasteiger partial charge in [0.15, 0.2) is 11.5 Å². The first-order valence-corrected chi connectivity index (χ1v) is 8.67. The van der Waals surface area contributed by atoms with Crippen molar-refractivity contribution < 1.29 is 19.1 Å². The fourth-order valence-electron chi connectivity index (χ4n) is 2.45. The van der Waals surface area contributed by atoms with E-state index in [1.165, 1.54) is 13.0 Å². The number of fused-ring (bicyclic) bond motifs is 1. The predicted molar refractivity (Wildman–Crippen MR) is 101 cm³/mol. The second-order valence-corrected chi connectivity index (χ2v) is 6.48. The van der Waals surface area contributed by atoms with Gasteiger partial charge in [-0.2, -0.15) is 0 Å². The molecule has 0 radical (unpaired) electrons. The van der Waals surface area contributed by atoms with Crippen LogP contribution in [0.4, 0.5) is 11.4 Å². The molecule has 2 aromatic rings. The summed E-state index contributed by atoms with van der Waals surface area (Å²) in [5.74, 6) is 0.291. The van der Waals surface area contributed by atoms with E-state index in [0.29, 0.717) is 51.7 Å². The summed E-state index contributed by atoms with van der Waals surface area (Å²) in [5, 5.41) is 5.97. The standard InChI is InChI=1S/C18H16Cl2N2O4/c1-10(23)21-15-4-3-12(9-13(15)19)22-18(24)11-7-14(20)17-16(8-11)25-5-2-6-26-17/h3-4,7-9H,2,5-6H2,1H3,(H,21,23)(H,22,24). The summed E-state index contributed by atoms with van der Waals surface area (Å²) in [6.07, 6.45) is 0.742. The van der Waals surface area contributed by atoms with E-state index < -0.39 is 0 Å². The van der Waals surface area contributed by atoms with Gasteiger partial charge < -0.3 is 20.1 Å². The molecule has 1 heterocycles. The van der Waals surface area contributed by atoms with Crippen LogP contribution in [0.2, 0.25) is 10.0 Å². The quantitative estimate of drug-likeness (QED) is 0.810. The number of benzene rings is 2. The highest BCUT2D eigenvalue weighted by Gasteiger charge is 2.18. The van der Waals surface area contributed by atoms with E-state index in [1.807, 2.05) is 0 Å². The van der Waals surface area contributed by atoms with Gasteiger partial charge in [-0.25, -0.2) is 0 Å². The molecule has 0 spiro atoms. The van der Waals surface area contributed by atoms with Crippen LogP contribution in [0.1, 0.15) is 23.7 Å². The van der Waals surface area contributed by atoms with Crippen molar-refractivity contribution in [2.45, 2.75) is 13.3 Å². The third-order valence-corrected chi connectivity index (χ3v) is 4.20. The second kappa shape index (κ2) is 7.85. The Bertz CT molecular complexity index is 871. The van der Waals surface area contributed by atoms with Crippen molar-refractivity contribution in [3.05, 3.63) is 45.9 Å². The molecule has 136 valence electrons. The maximum absolute atomic E-state index is 12.5. The Morgan fingerprint density at radius 3 is 2.50 bits per heavy atom. The van der Waals surface area contributed by atoms with E-state index in [1.54, 1.807) is 24.3 Å². The van der Waals surface area contributed by atoms with Crippen LogP contribution in [-0.2, 0) is 4.79 Å². The number of ether oxygens (including phenoxy) is 2. The Labute approximate surface area is 160 Å². The summed E-state index contributed by atoms with van der Waals surface area (Å²) < 4.78 is 11.1. The monoisotopic (exact) mass is 394 g/mol. The smallest absolute Gasteiger partial charge is 0.255 e. The molecule has 0 bridgehead atoms. The molecule has 0 unspecified atom stereocenters. The lowest BCUT2D eigenvalue weighted by Crippen LogP contribution is -2.13. The number of rotatable bonds is 3. The van der Waals surface area contributed by atoms with E-state index >= 15 is 0 Å². The van der Waals surface area contributed by atoms with Crippen molar-refractivity contribution >= 4 is 46.4 Å². The Balaban J connectivity index is 1.80. The van der Waals surface area contributed by atoms with E-state index in [9.17, 15) is 9.59 Å². The van der Waals surface area contributed by atoms with Gasteiger partial charge in [-0.1, -0.05) is 23.2 Å². The maximum Gasteiger partial charge on any atom is 0.255 e. The number of nitrogens with one attached hydrogen (secondary N) is 2. The van der Waals surface area contributed by atoms with Gasteiger partial charge in [0.05, 0.1) is 28.9 Å². The third-order valence-electron chi connectivity index (χ3n) is 3.60. The zero-order valence-corrected chi connectivity index (χ0v) is 15.4. The van der Waals surface area contributed by atoms with Gasteiger partial charge in [0.2, 0.25) is 5.91 Å². The summed E-state index contributed by atoms with van der Waals surface area (Å²) in [6, 6.07) is 7.92. The minimum atomic E-state index is -0.370. The van der Waals surface area contributed by atoms with Gasteiger partial charge in [0, 0.05) is 24.6 Å². The number of hydrogen-bond donors (Lipinski definition) is 2. The van der Waals surface area contributed by atoms with E-state index in [-0.39, 0.29) is 11.8 Å². The first-order valence-electron chi connectivity index (χ1n) is 7.91. The van der Waals surface area contributed by atoms with Crippen LogP contribution in [-0.4, -0.2) is 25.0 Å². The summed E-state index contributed by atoms with van der Waals surface area (Å²) in [5.41, 5.74) is 1.29. The Kier molecular flexibility index (Phi) is 5.54. The highest BCUT2D eigenvalue weighted by atomic mass is 35.5. The lowest BCUT2D eigenvalue weighted by Gasteiger charge is -2.12. The number of amides is 2. The second-order valence-electron chi connectivity index (χ2n) is 5.67. The third kappa shape index (κ3) is 4.20. The van der Waals surface area contributed by atoms with Crippen molar-refractivity contribution in [1.82, 2.24) is 0 Å². The lowest BCUT2D eigenvalue weighted by molar-refractivity contribution is -0.114. The summed E-state index contributed by atoms with van der Waals surface area (Å²) in [6.45, 7) is 2.39.